The average Bonchev–Trinajstić information content (AvgIpc) is 2.68. The smallest absolute Gasteiger partial charge is 0.406 e. The summed E-state index contributed by atoms with van der Waals surface area (Å²) in [6.45, 7) is 0.875. The summed E-state index contributed by atoms with van der Waals surface area (Å²) in [6.07, 6.45) is -4.63. The van der Waals surface area contributed by atoms with Crippen LogP contribution < -0.4 is 10.1 Å². The third-order valence-corrected chi connectivity index (χ3v) is 3.32. The first-order valence-electron chi connectivity index (χ1n) is 4.75. The first-order valence-corrected chi connectivity index (χ1v) is 5.80. The number of rotatable bonds is 2. The van der Waals surface area contributed by atoms with Gasteiger partial charge in [-0.05, 0) is 17.7 Å². The van der Waals surface area contributed by atoms with Crippen LogP contribution >= 0.6 is 11.8 Å². The van der Waals surface area contributed by atoms with Crippen LogP contribution in [0.5, 0.6) is 5.75 Å². The van der Waals surface area contributed by atoms with Gasteiger partial charge in [0.05, 0.1) is 5.37 Å². The second-order valence-electron chi connectivity index (χ2n) is 3.33. The van der Waals surface area contributed by atoms with Crippen molar-refractivity contribution >= 4 is 11.8 Å². The molecule has 0 aliphatic carbocycles. The fraction of sp³-hybridized carbons (Fsp3) is 0.400. The number of benzene rings is 1. The molecule has 1 aromatic rings. The molecule has 2 nitrogen and oxygen atoms in total. The standard InChI is InChI=1S/C10H10F3NOS/c11-10(12,13)15-8-3-1-2-7(6-8)9-14-4-5-16-9/h1-3,6,9,14H,4-5H2/t9-/m0/s1. The van der Waals surface area contributed by atoms with Crippen molar-refractivity contribution in [3.63, 3.8) is 0 Å². The van der Waals surface area contributed by atoms with Gasteiger partial charge in [0.2, 0.25) is 0 Å². The van der Waals surface area contributed by atoms with Crippen molar-refractivity contribution in [1.29, 1.82) is 0 Å². The number of nitrogens with one attached hydrogen (secondary N) is 1. The molecule has 0 spiro atoms. The molecular formula is C10H10F3NOS. The number of halogens is 3. The van der Waals surface area contributed by atoms with E-state index in [9.17, 15) is 13.2 Å². The van der Waals surface area contributed by atoms with Crippen molar-refractivity contribution in [2.24, 2.45) is 0 Å². The monoisotopic (exact) mass is 249 g/mol. The van der Waals surface area contributed by atoms with E-state index >= 15 is 0 Å². The van der Waals surface area contributed by atoms with E-state index in [-0.39, 0.29) is 11.1 Å². The summed E-state index contributed by atoms with van der Waals surface area (Å²) in [4.78, 5) is 0. The molecule has 1 aliphatic rings. The molecule has 6 heteroatoms. The van der Waals surface area contributed by atoms with E-state index in [1.165, 1.54) is 12.1 Å². The molecule has 0 amide bonds. The van der Waals surface area contributed by atoms with Crippen LogP contribution in [0, 0.1) is 0 Å². The van der Waals surface area contributed by atoms with Crippen molar-refractivity contribution in [3.8, 4) is 5.75 Å². The molecular weight excluding hydrogens is 239 g/mol. The van der Waals surface area contributed by atoms with Gasteiger partial charge in [-0.2, -0.15) is 0 Å². The van der Waals surface area contributed by atoms with E-state index in [1.807, 2.05) is 0 Å². The number of hydrogen-bond acceptors (Lipinski definition) is 3. The van der Waals surface area contributed by atoms with Gasteiger partial charge in [-0.1, -0.05) is 12.1 Å². The van der Waals surface area contributed by atoms with Gasteiger partial charge in [0.1, 0.15) is 5.75 Å². The number of ether oxygens (including phenoxy) is 1. The van der Waals surface area contributed by atoms with E-state index in [0.717, 1.165) is 17.9 Å². The van der Waals surface area contributed by atoms with Gasteiger partial charge in [0.15, 0.2) is 0 Å². The van der Waals surface area contributed by atoms with Crippen LogP contribution in [0.4, 0.5) is 13.2 Å². The van der Waals surface area contributed by atoms with Gasteiger partial charge in [-0.3, -0.25) is 0 Å². The lowest BCUT2D eigenvalue weighted by atomic mass is 10.2. The Morgan fingerprint density at radius 2 is 2.19 bits per heavy atom. The number of hydrogen-bond donors (Lipinski definition) is 1. The molecule has 1 saturated heterocycles. The van der Waals surface area contributed by atoms with Crippen LogP contribution in [0.2, 0.25) is 0 Å². The molecule has 16 heavy (non-hydrogen) atoms. The van der Waals surface area contributed by atoms with Crippen molar-refractivity contribution in [3.05, 3.63) is 29.8 Å². The lowest BCUT2D eigenvalue weighted by Gasteiger charge is -2.13. The normalized spacial score (nSPS) is 21.1. The van der Waals surface area contributed by atoms with Gasteiger partial charge in [-0.25, -0.2) is 0 Å². The van der Waals surface area contributed by atoms with Crippen LogP contribution in [0.15, 0.2) is 24.3 Å². The van der Waals surface area contributed by atoms with Crippen LogP contribution in [0.25, 0.3) is 0 Å². The number of alkyl halides is 3. The van der Waals surface area contributed by atoms with Crippen LogP contribution in [0.3, 0.4) is 0 Å². The van der Waals surface area contributed by atoms with Gasteiger partial charge >= 0.3 is 6.36 Å². The second kappa shape index (κ2) is 4.55. The zero-order valence-electron chi connectivity index (χ0n) is 8.25. The lowest BCUT2D eigenvalue weighted by Crippen LogP contribution is -2.17. The minimum atomic E-state index is -4.63. The van der Waals surface area contributed by atoms with Gasteiger partial charge in [0.25, 0.3) is 0 Å². The summed E-state index contributed by atoms with van der Waals surface area (Å²) in [6, 6.07) is 6.08. The summed E-state index contributed by atoms with van der Waals surface area (Å²) < 4.78 is 39.9. The Bertz CT molecular complexity index is 363. The summed E-state index contributed by atoms with van der Waals surface area (Å²) in [5.41, 5.74) is 0.809. The van der Waals surface area contributed by atoms with Gasteiger partial charge in [0, 0.05) is 12.3 Å². The molecule has 88 valence electrons. The molecule has 1 fully saturated rings. The highest BCUT2D eigenvalue weighted by Gasteiger charge is 2.31. The largest absolute Gasteiger partial charge is 0.573 e. The molecule has 1 aliphatic heterocycles. The molecule has 1 atom stereocenters. The van der Waals surface area contributed by atoms with Crippen molar-refractivity contribution in [1.82, 2.24) is 5.32 Å². The van der Waals surface area contributed by atoms with E-state index < -0.39 is 6.36 Å². The van der Waals surface area contributed by atoms with Crippen molar-refractivity contribution in [2.75, 3.05) is 12.3 Å². The Morgan fingerprint density at radius 3 is 2.81 bits per heavy atom. The zero-order chi connectivity index (χ0) is 11.6. The average molecular weight is 249 g/mol. The first kappa shape index (κ1) is 11.6. The predicted octanol–water partition coefficient (Wildman–Crippen LogP) is 2.92. The van der Waals surface area contributed by atoms with Gasteiger partial charge < -0.3 is 10.1 Å². The molecule has 0 unspecified atom stereocenters. The lowest BCUT2D eigenvalue weighted by molar-refractivity contribution is -0.274. The SMILES string of the molecule is FC(F)(F)Oc1cccc([C@H]2NCCS2)c1. The molecule has 1 N–H and O–H groups in total. The van der Waals surface area contributed by atoms with Crippen molar-refractivity contribution < 1.29 is 17.9 Å². The molecule has 0 radical (unpaired) electrons. The van der Waals surface area contributed by atoms with Crippen LogP contribution in [0.1, 0.15) is 10.9 Å². The quantitative estimate of drug-likeness (QED) is 0.870. The Kier molecular flexibility index (Phi) is 3.30. The van der Waals surface area contributed by atoms with Crippen molar-refractivity contribution in [2.45, 2.75) is 11.7 Å². The highest BCUT2D eigenvalue weighted by atomic mass is 32.2. The summed E-state index contributed by atoms with van der Waals surface area (Å²) in [7, 11) is 0. The minimum absolute atomic E-state index is 0.0665. The Morgan fingerprint density at radius 1 is 1.38 bits per heavy atom. The second-order valence-corrected chi connectivity index (χ2v) is 4.54. The fourth-order valence-electron chi connectivity index (χ4n) is 1.51. The summed E-state index contributed by atoms with van der Waals surface area (Å²) in [5, 5.41) is 3.26. The molecule has 0 bridgehead atoms. The molecule has 0 aromatic heterocycles. The molecule has 1 heterocycles. The molecule has 2 rings (SSSR count). The zero-order valence-corrected chi connectivity index (χ0v) is 9.07. The van der Waals surface area contributed by atoms with Gasteiger partial charge in [-0.15, -0.1) is 24.9 Å². The summed E-state index contributed by atoms with van der Waals surface area (Å²) >= 11 is 1.67. The third-order valence-electron chi connectivity index (χ3n) is 2.11. The summed E-state index contributed by atoms with van der Waals surface area (Å²) in [5.74, 6) is 0.800. The maximum absolute atomic E-state index is 12.0. The van der Waals surface area contributed by atoms with Crippen LogP contribution in [-0.4, -0.2) is 18.7 Å². The number of thioether (sulfide) groups is 1. The fourth-order valence-corrected chi connectivity index (χ4v) is 2.56. The highest BCUT2D eigenvalue weighted by molar-refractivity contribution is 7.99. The molecule has 0 saturated carbocycles. The van der Waals surface area contributed by atoms with Crippen LogP contribution in [-0.2, 0) is 0 Å². The third kappa shape index (κ3) is 3.05. The minimum Gasteiger partial charge on any atom is -0.406 e. The topological polar surface area (TPSA) is 21.3 Å². The van der Waals surface area contributed by atoms with E-state index in [0.29, 0.717) is 0 Å². The van der Waals surface area contributed by atoms with E-state index in [2.05, 4.69) is 10.1 Å². The first-order chi connectivity index (χ1) is 7.54. The maximum Gasteiger partial charge on any atom is 0.573 e. The maximum atomic E-state index is 12.0. The van der Waals surface area contributed by atoms with E-state index in [4.69, 9.17) is 0 Å². The van der Waals surface area contributed by atoms with E-state index in [1.54, 1.807) is 23.9 Å². The Labute approximate surface area is 95.2 Å². The highest BCUT2D eigenvalue weighted by Crippen LogP contribution is 2.32. The predicted molar refractivity (Wildman–Crippen MR) is 56.3 cm³/mol. The molecule has 1 aromatic carbocycles. The Balaban J connectivity index is 2.12. The Hall–Kier alpha value is -0.880.